The molecule has 2 aromatic rings. The van der Waals surface area contributed by atoms with Crippen LogP contribution in [-0.2, 0) is 6.42 Å². The second-order valence-corrected chi connectivity index (χ2v) is 6.13. The Kier molecular flexibility index (Phi) is 3.41. The summed E-state index contributed by atoms with van der Waals surface area (Å²) in [4.78, 5) is 1.45. The maximum Gasteiger partial charge on any atom is 0.167 e. The molecule has 0 spiro atoms. The van der Waals surface area contributed by atoms with Gasteiger partial charge in [-0.05, 0) is 55.7 Å². The molecule has 1 atom stereocenters. The van der Waals surface area contributed by atoms with Crippen molar-refractivity contribution in [1.29, 1.82) is 5.26 Å². The van der Waals surface area contributed by atoms with Gasteiger partial charge in [-0.15, -0.1) is 16.4 Å². The highest BCUT2D eigenvalue weighted by molar-refractivity contribution is 7.10. The number of hydrogen-bond donors (Lipinski definition) is 1. The van der Waals surface area contributed by atoms with Crippen LogP contribution in [0.5, 0.6) is 0 Å². The highest BCUT2D eigenvalue weighted by Crippen LogP contribution is 2.35. The van der Waals surface area contributed by atoms with Crippen molar-refractivity contribution in [2.24, 2.45) is 0 Å². The summed E-state index contributed by atoms with van der Waals surface area (Å²) in [6.07, 6.45) is 3.41. The standard InChI is InChI=1S/C15H16N4S/c1-9-10(2)18-19-15(12(9)8-16)17-13-4-3-5-14-11(13)6-7-20-14/h6-7,13H,3-5H2,1-2H3,(H,17,19). The second-order valence-electron chi connectivity index (χ2n) is 5.13. The minimum absolute atomic E-state index is 0.244. The Balaban J connectivity index is 1.94. The van der Waals surface area contributed by atoms with Crippen molar-refractivity contribution in [2.45, 2.75) is 39.2 Å². The molecule has 1 aliphatic rings. The number of anilines is 1. The van der Waals surface area contributed by atoms with Gasteiger partial charge in [0, 0.05) is 4.88 Å². The Morgan fingerprint density at radius 3 is 3.05 bits per heavy atom. The molecule has 0 saturated carbocycles. The Morgan fingerprint density at radius 1 is 1.40 bits per heavy atom. The lowest BCUT2D eigenvalue weighted by Gasteiger charge is -2.24. The number of fused-ring (bicyclic) bond motifs is 1. The van der Waals surface area contributed by atoms with Gasteiger partial charge in [-0.3, -0.25) is 0 Å². The van der Waals surface area contributed by atoms with Gasteiger partial charge in [0.2, 0.25) is 0 Å². The van der Waals surface area contributed by atoms with E-state index in [0.717, 1.165) is 24.1 Å². The van der Waals surface area contributed by atoms with Crippen LogP contribution in [0.4, 0.5) is 5.82 Å². The molecule has 102 valence electrons. The number of nitrogens with zero attached hydrogens (tertiary/aromatic N) is 3. The van der Waals surface area contributed by atoms with E-state index in [1.165, 1.54) is 16.9 Å². The van der Waals surface area contributed by atoms with E-state index in [-0.39, 0.29) is 6.04 Å². The van der Waals surface area contributed by atoms with Crippen LogP contribution in [0, 0.1) is 25.2 Å². The van der Waals surface area contributed by atoms with Crippen molar-refractivity contribution >= 4 is 17.2 Å². The van der Waals surface area contributed by atoms with Crippen LogP contribution in [-0.4, -0.2) is 10.2 Å². The zero-order valence-corrected chi connectivity index (χ0v) is 12.4. The molecule has 2 heterocycles. The summed E-state index contributed by atoms with van der Waals surface area (Å²) < 4.78 is 0. The first-order valence-electron chi connectivity index (χ1n) is 6.77. The van der Waals surface area contributed by atoms with Gasteiger partial charge in [0.05, 0.1) is 11.7 Å². The first-order chi connectivity index (χ1) is 9.70. The van der Waals surface area contributed by atoms with E-state index in [0.29, 0.717) is 11.4 Å². The molecule has 0 amide bonds. The average Bonchev–Trinajstić information content (AvgIpc) is 2.93. The Hall–Kier alpha value is -1.93. The Labute approximate surface area is 122 Å². The highest BCUT2D eigenvalue weighted by atomic mass is 32.1. The lowest BCUT2D eigenvalue weighted by Crippen LogP contribution is -2.18. The minimum Gasteiger partial charge on any atom is -0.361 e. The number of thiophene rings is 1. The molecule has 0 aromatic carbocycles. The van der Waals surface area contributed by atoms with E-state index >= 15 is 0 Å². The van der Waals surface area contributed by atoms with Crippen molar-refractivity contribution in [3.63, 3.8) is 0 Å². The number of rotatable bonds is 2. The smallest absolute Gasteiger partial charge is 0.167 e. The van der Waals surface area contributed by atoms with E-state index in [1.807, 2.05) is 25.2 Å². The number of hydrogen-bond acceptors (Lipinski definition) is 5. The van der Waals surface area contributed by atoms with Crippen molar-refractivity contribution < 1.29 is 0 Å². The zero-order valence-electron chi connectivity index (χ0n) is 11.6. The predicted octanol–water partition coefficient (Wildman–Crippen LogP) is 3.52. The Morgan fingerprint density at radius 2 is 2.25 bits per heavy atom. The van der Waals surface area contributed by atoms with Crippen molar-refractivity contribution in [2.75, 3.05) is 5.32 Å². The average molecular weight is 284 g/mol. The molecule has 1 N–H and O–H groups in total. The molecule has 0 bridgehead atoms. The minimum atomic E-state index is 0.244. The highest BCUT2D eigenvalue weighted by Gasteiger charge is 2.23. The summed E-state index contributed by atoms with van der Waals surface area (Å²) in [6, 6.07) is 4.67. The van der Waals surface area contributed by atoms with Crippen LogP contribution in [0.1, 0.15) is 46.1 Å². The maximum atomic E-state index is 9.35. The van der Waals surface area contributed by atoms with Crippen LogP contribution in [0.2, 0.25) is 0 Å². The summed E-state index contributed by atoms with van der Waals surface area (Å²) in [7, 11) is 0. The topological polar surface area (TPSA) is 61.6 Å². The van der Waals surface area contributed by atoms with Crippen LogP contribution in [0.15, 0.2) is 11.4 Å². The molecule has 1 aliphatic carbocycles. The van der Waals surface area contributed by atoms with Crippen molar-refractivity contribution in [3.8, 4) is 6.07 Å². The second kappa shape index (κ2) is 5.22. The number of nitrogens with one attached hydrogen (secondary N) is 1. The molecule has 3 rings (SSSR count). The van der Waals surface area contributed by atoms with Gasteiger partial charge in [0.25, 0.3) is 0 Å². The van der Waals surface area contributed by atoms with Gasteiger partial charge >= 0.3 is 0 Å². The first kappa shape index (κ1) is 13.1. The molecular formula is C15H16N4S. The summed E-state index contributed by atoms with van der Waals surface area (Å²) in [6.45, 7) is 3.80. The molecule has 0 fully saturated rings. The number of aryl methyl sites for hydroxylation is 2. The molecule has 0 aliphatic heterocycles. The van der Waals surface area contributed by atoms with Gasteiger partial charge in [0.1, 0.15) is 11.6 Å². The third-order valence-corrected chi connectivity index (χ3v) is 4.93. The van der Waals surface area contributed by atoms with Gasteiger partial charge in [-0.1, -0.05) is 0 Å². The van der Waals surface area contributed by atoms with E-state index < -0.39 is 0 Å². The van der Waals surface area contributed by atoms with E-state index in [9.17, 15) is 5.26 Å². The van der Waals surface area contributed by atoms with Gasteiger partial charge in [0.15, 0.2) is 5.82 Å². The van der Waals surface area contributed by atoms with E-state index in [1.54, 1.807) is 0 Å². The van der Waals surface area contributed by atoms with Crippen molar-refractivity contribution in [1.82, 2.24) is 10.2 Å². The molecule has 0 radical (unpaired) electrons. The summed E-state index contributed by atoms with van der Waals surface area (Å²) in [5, 5.41) is 23.2. The molecule has 4 nitrogen and oxygen atoms in total. The summed E-state index contributed by atoms with van der Waals surface area (Å²) in [5.74, 6) is 0.611. The fraction of sp³-hybridized carbons (Fsp3) is 0.400. The molecule has 2 aromatic heterocycles. The van der Waals surface area contributed by atoms with E-state index in [2.05, 4.69) is 33.0 Å². The van der Waals surface area contributed by atoms with Crippen molar-refractivity contribution in [3.05, 3.63) is 38.7 Å². The normalized spacial score (nSPS) is 17.4. The zero-order chi connectivity index (χ0) is 14.1. The van der Waals surface area contributed by atoms with Crippen LogP contribution in [0.25, 0.3) is 0 Å². The van der Waals surface area contributed by atoms with Gasteiger partial charge in [-0.2, -0.15) is 10.4 Å². The van der Waals surface area contributed by atoms with Crippen LogP contribution >= 0.6 is 11.3 Å². The molecular weight excluding hydrogens is 268 g/mol. The fourth-order valence-corrected chi connectivity index (χ4v) is 3.64. The number of aromatic nitrogens is 2. The quantitative estimate of drug-likeness (QED) is 0.916. The molecule has 20 heavy (non-hydrogen) atoms. The van der Waals surface area contributed by atoms with Gasteiger partial charge < -0.3 is 5.32 Å². The molecule has 0 saturated heterocycles. The lowest BCUT2D eigenvalue weighted by atomic mass is 9.94. The predicted molar refractivity (Wildman–Crippen MR) is 79.8 cm³/mol. The monoisotopic (exact) mass is 284 g/mol. The van der Waals surface area contributed by atoms with Crippen LogP contribution in [0.3, 0.4) is 0 Å². The SMILES string of the molecule is Cc1nnc(NC2CCCc3sccc32)c(C#N)c1C. The third-order valence-electron chi connectivity index (χ3n) is 3.93. The lowest BCUT2D eigenvalue weighted by molar-refractivity contribution is 0.605. The summed E-state index contributed by atoms with van der Waals surface area (Å²) >= 11 is 1.81. The van der Waals surface area contributed by atoms with Gasteiger partial charge in [-0.25, -0.2) is 0 Å². The summed E-state index contributed by atoms with van der Waals surface area (Å²) in [5.41, 5.74) is 3.68. The number of nitriles is 1. The fourth-order valence-electron chi connectivity index (χ4n) is 2.65. The largest absolute Gasteiger partial charge is 0.361 e. The van der Waals surface area contributed by atoms with Crippen LogP contribution < -0.4 is 5.32 Å². The molecule has 5 heteroatoms. The third kappa shape index (κ3) is 2.16. The Bertz CT molecular complexity index is 684. The molecule has 1 unspecified atom stereocenters. The first-order valence-corrected chi connectivity index (χ1v) is 7.65. The maximum absolute atomic E-state index is 9.35. The van der Waals surface area contributed by atoms with E-state index in [4.69, 9.17) is 0 Å².